The third-order valence-corrected chi connectivity index (χ3v) is 3.56. The maximum atomic E-state index is 11.2. The van der Waals surface area contributed by atoms with E-state index in [9.17, 15) is 4.79 Å². The molecule has 0 fully saturated rings. The summed E-state index contributed by atoms with van der Waals surface area (Å²) in [5.74, 6) is 0.106. The zero-order valence-electron chi connectivity index (χ0n) is 9.15. The van der Waals surface area contributed by atoms with Crippen molar-refractivity contribution in [3.05, 3.63) is 47.5 Å². The highest BCUT2D eigenvalue weighted by molar-refractivity contribution is 5.90. The van der Waals surface area contributed by atoms with Gasteiger partial charge in [0.05, 0.1) is 0 Å². The molecule has 3 rings (SSSR count). The Bertz CT molecular complexity index is 542. The third kappa shape index (κ3) is 1.35. The van der Waals surface area contributed by atoms with Gasteiger partial charge in [-0.3, -0.25) is 0 Å². The van der Waals surface area contributed by atoms with Gasteiger partial charge in [-0.2, -0.15) is 0 Å². The van der Waals surface area contributed by atoms with Crippen LogP contribution in [0.3, 0.4) is 0 Å². The highest BCUT2D eigenvalue weighted by Crippen LogP contribution is 2.35. The molecule has 1 atom stereocenters. The van der Waals surface area contributed by atoms with Gasteiger partial charge in [0.1, 0.15) is 6.29 Å². The van der Waals surface area contributed by atoms with Crippen LogP contribution >= 0.6 is 0 Å². The summed E-state index contributed by atoms with van der Waals surface area (Å²) in [6.07, 6.45) is 4.37. The van der Waals surface area contributed by atoms with Crippen molar-refractivity contribution in [1.82, 2.24) is 0 Å². The monoisotopic (exact) mass is 210 g/mol. The molecular formula is C15H14O. The lowest BCUT2D eigenvalue weighted by atomic mass is 9.81. The second-order valence-corrected chi connectivity index (χ2v) is 4.49. The molecule has 0 bridgehead atoms. The fraction of sp³-hybridized carbons (Fsp3) is 0.267. The van der Waals surface area contributed by atoms with Gasteiger partial charge in [0.15, 0.2) is 0 Å². The standard InChI is InChI=1S/C15H14O/c16-10-13-6-3-5-12-9-8-11-4-1-2-7-14(11)15(12)13/h1-2,4,7-10,13H,3,5-6H2/t13-/m0/s1. The Morgan fingerprint density at radius 3 is 2.88 bits per heavy atom. The van der Waals surface area contributed by atoms with E-state index in [4.69, 9.17) is 0 Å². The van der Waals surface area contributed by atoms with Crippen LogP contribution in [0.25, 0.3) is 10.8 Å². The quantitative estimate of drug-likeness (QED) is 0.659. The van der Waals surface area contributed by atoms with E-state index < -0.39 is 0 Å². The molecule has 1 aliphatic carbocycles. The average Bonchev–Trinajstić information content (AvgIpc) is 2.37. The zero-order valence-corrected chi connectivity index (χ0v) is 9.15. The first-order chi connectivity index (χ1) is 7.90. The number of carbonyl (C=O) groups is 1. The number of aryl methyl sites for hydroxylation is 1. The van der Waals surface area contributed by atoms with Crippen molar-refractivity contribution in [2.24, 2.45) is 0 Å². The van der Waals surface area contributed by atoms with E-state index in [1.54, 1.807) is 0 Å². The highest BCUT2D eigenvalue weighted by atomic mass is 16.1. The highest BCUT2D eigenvalue weighted by Gasteiger charge is 2.21. The summed E-state index contributed by atoms with van der Waals surface area (Å²) in [6, 6.07) is 12.7. The van der Waals surface area contributed by atoms with Crippen molar-refractivity contribution in [2.75, 3.05) is 0 Å². The Morgan fingerprint density at radius 2 is 2.00 bits per heavy atom. The first-order valence-electron chi connectivity index (χ1n) is 5.86. The number of hydrogen-bond donors (Lipinski definition) is 0. The van der Waals surface area contributed by atoms with Gasteiger partial charge in [-0.1, -0.05) is 36.4 Å². The van der Waals surface area contributed by atoms with Crippen molar-refractivity contribution < 1.29 is 4.79 Å². The van der Waals surface area contributed by atoms with Crippen LogP contribution in [0.1, 0.15) is 29.9 Å². The van der Waals surface area contributed by atoms with Gasteiger partial charge >= 0.3 is 0 Å². The minimum absolute atomic E-state index is 0.106. The van der Waals surface area contributed by atoms with E-state index in [0.717, 1.165) is 25.5 Å². The molecule has 1 nitrogen and oxygen atoms in total. The van der Waals surface area contributed by atoms with Crippen molar-refractivity contribution in [3.63, 3.8) is 0 Å². The summed E-state index contributed by atoms with van der Waals surface area (Å²) in [5.41, 5.74) is 2.64. The van der Waals surface area contributed by atoms with Crippen LogP contribution < -0.4 is 0 Å². The number of benzene rings is 2. The predicted molar refractivity (Wildman–Crippen MR) is 65.7 cm³/mol. The van der Waals surface area contributed by atoms with E-state index in [1.165, 1.54) is 21.9 Å². The SMILES string of the molecule is O=C[C@@H]1CCCc2ccc3ccccc3c21. The third-order valence-electron chi connectivity index (χ3n) is 3.56. The van der Waals surface area contributed by atoms with Crippen LogP contribution in [0, 0.1) is 0 Å². The fourth-order valence-electron chi connectivity index (χ4n) is 2.79. The number of aldehydes is 1. The second kappa shape index (κ2) is 3.75. The molecule has 0 N–H and O–H groups in total. The zero-order chi connectivity index (χ0) is 11.0. The lowest BCUT2D eigenvalue weighted by Crippen LogP contribution is -2.11. The minimum atomic E-state index is 0.106. The Hall–Kier alpha value is -1.63. The van der Waals surface area contributed by atoms with Crippen LogP contribution in [-0.2, 0) is 11.2 Å². The maximum absolute atomic E-state index is 11.2. The van der Waals surface area contributed by atoms with Crippen molar-refractivity contribution >= 4 is 17.1 Å². The van der Waals surface area contributed by atoms with Crippen LogP contribution in [0.15, 0.2) is 36.4 Å². The first-order valence-corrected chi connectivity index (χ1v) is 5.86. The number of hydrogen-bond acceptors (Lipinski definition) is 1. The number of carbonyl (C=O) groups excluding carboxylic acids is 1. The molecule has 0 saturated carbocycles. The van der Waals surface area contributed by atoms with E-state index in [1.807, 2.05) is 6.07 Å². The molecule has 0 aliphatic heterocycles. The largest absolute Gasteiger partial charge is 0.303 e. The van der Waals surface area contributed by atoms with Crippen molar-refractivity contribution in [2.45, 2.75) is 25.2 Å². The van der Waals surface area contributed by atoms with E-state index in [0.29, 0.717) is 0 Å². The molecule has 80 valence electrons. The van der Waals surface area contributed by atoms with Crippen LogP contribution in [0.4, 0.5) is 0 Å². The summed E-state index contributed by atoms with van der Waals surface area (Å²) in [6.45, 7) is 0. The molecule has 0 aromatic heterocycles. The second-order valence-electron chi connectivity index (χ2n) is 4.49. The summed E-state index contributed by atoms with van der Waals surface area (Å²) in [7, 11) is 0. The Balaban J connectivity index is 2.34. The molecule has 0 heterocycles. The molecule has 2 aromatic rings. The van der Waals surface area contributed by atoms with E-state index in [2.05, 4.69) is 30.3 Å². The normalized spacial score (nSPS) is 19.4. The predicted octanol–water partition coefficient (Wildman–Crippen LogP) is 3.46. The first kappa shape index (κ1) is 9.59. The molecule has 16 heavy (non-hydrogen) atoms. The molecule has 1 heteroatoms. The van der Waals surface area contributed by atoms with Crippen molar-refractivity contribution in [3.8, 4) is 0 Å². The van der Waals surface area contributed by atoms with Gasteiger partial charge in [-0.05, 0) is 41.2 Å². The maximum Gasteiger partial charge on any atom is 0.127 e. The Morgan fingerprint density at radius 1 is 1.12 bits per heavy atom. The van der Waals surface area contributed by atoms with Gasteiger partial charge in [-0.25, -0.2) is 0 Å². The summed E-state index contributed by atoms with van der Waals surface area (Å²) in [5, 5.41) is 2.51. The smallest absolute Gasteiger partial charge is 0.127 e. The lowest BCUT2D eigenvalue weighted by molar-refractivity contribution is -0.109. The number of fused-ring (bicyclic) bond motifs is 3. The topological polar surface area (TPSA) is 17.1 Å². The summed E-state index contributed by atoms with van der Waals surface area (Å²) >= 11 is 0. The van der Waals surface area contributed by atoms with Gasteiger partial charge in [0.2, 0.25) is 0 Å². The van der Waals surface area contributed by atoms with Gasteiger partial charge in [0, 0.05) is 5.92 Å². The van der Waals surface area contributed by atoms with E-state index in [-0.39, 0.29) is 5.92 Å². The Kier molecular flexibility index (Phi) is 2.24. The average molecular weight is 210 g/mol. The molecule has 0 radical (unpaired) electrons. The van der Waals surface area contributed by atoms with Crippen LogP contribution in [0.5, 0.6) is 0 Å². The fourth-order valence-corrected chi connectivity index (χ4v) is 2.79. The molecule has 0 saturated heterocycles. The molecule has 2 aromatic carbocycles. The van der Waals surface area contributed by atoms with Gasteiger partial charge < -0.3 is 4.79 Å². The van der Waals surface area contributed by atoms with E-state index >= 15 is 0 Å². The van der Waals surface area contributed by atoms with Gasteiger partial charge in [-0.15, -0.1) is 0 Å². The molecule has 0 amide bonds. The Labute approximate surface area is 95.1 Å². The molecule has 0 spiro atoms. The lowest BCUT2D eigenvalue weighted by Gasteiger charge is -2.23. The molecule has 1 aliphatic rings. The molecule has 0 unspecified atom stereocenters. The van der Waals surface area contributed by atoms with Crippen molar-refractivity contribution in [1.29, 1.82) is 0 Å². The van der Waals surface area contributed by atoms with Crippen LogP contribution in [-0.4, -0.2) is 6.29 Å². The summed E-state index contributed by atoms with van der Waals surface area (Å²) < 4.78 is 0. The summed E-state index contributed by atoms with van der Waals surface area (Å²) in [4.78, 5) is 11.2. The van der Waals surface area contributed by atoms with Gasteiger partial charge in [0.25, 0.3) is 0 Å². The number of rotatable bonds is 1. The van der Waals surface area contributed by atoms with Crippen LogP contribution in [0.2, 0.25) is 0 Å². The molecular weight excluding hydrogens is 196 g/mol. The minimum Gasteiger partial charge on any atom is -0.303 e.